The zero-order valence-corrected chi connectivity index (χ0v) is 13.9. The highest BCUT2D eigenvalue weighted by atomic mass is 16.6. The molecule has 5 heteroatoms. The first-order valence-electron chi connectivity index (χ1n) is 8.00. The Labute approximate surface area is 136 Å². The molecule has 1 aromatic heterocycles. The minimum absolute atomic E-state index is 0.0495. The fraction of sp³-hybridized carbons (Fsp3) is 0.444. The fourth-order valence-corrected chi connectivity index (χ4v) is 2.93. The summed E-state index contributed by atoms with van der Waals surface area (Å²) < 4.78 is 5.58. The van der Waals surface area contributed by atoms with Crippen molar-refractivity contribution < 1.29 is 9.53 Å². The summed E-state index contributed by atoms with van der Waals surface area (Å²) in [5.41, 5.74) is 1.56. The zero-order valence-electron chi connectivity index (χ0n) is 13.9. The number of ether oxygens (including phenoxy) is 1. The van der Waals surface area contributed by atoms with Crippen LogP contribution in [0.5, 0.6) is 0 Å². The van der Waals surface area contributed by atoms with E-state index in [0.717, 1.165) is 23.0 Å². The van der Waals surface area contributed by atoms with Crippen LogP contribution in [0.15, 0.2) is 36.5 Å². The van der Waals surface area contributed by atoms with E-state index in [1.54, 1.807) is 6.20 Å². The number of carbonyl (C=O) groups is 1. The minimum atomic E-state index is -0.493. The molecule has 2 aromatic rings. The second-order valence-corrected chi connectivity index (χ2v) is 6.81. The number of aromatic nitrogens is 1. The zero-order chi connectivity index (χ0) is 16.4. The van der Waals surface area contributed by atoms with E-state index in [4.69, 9.17) is 4.74 Å². The first-order chi connectivity index (χ1) is 11.0. The molecule has 1 amide bonds. The highest BCUT2D eigenvalue weighted by molar-refractivity contribution is 5.83. The topological polar surface area (TPSA) is 54.5 Å². The highest BCUT2D eigenvalue weighted by Gasteiger charge is 2.32. The van der Waals surface area contributed by atoms with E-state index in [1.807, 2.05) is 49.9 Å². The quantitative estimate of drug-likeness (QED) is 0.879. The average molecular weight is 313 g/mol. The van der Waals surface area contributed by atoms with E-state index in [2.05, 4.69) is 16.4 Å². The molecular formula is C18H23N3O2. The number of piperazine rings is 1. The van der Waals surface area contributed by atoms with Crippen molar-refractivity contribution in [2.24, 2.45) is 0 Å². The molecule has 0 bridgehead atoms. The van der Waals surface area contributed by atoms with Crippen LogP contribution < -0.4 is 5.32 Å². The van der Waals surface area contributed by atoms with E-state index < -0.39 is 5.60 Å². The van der Waals surface area contributed by atoms with Crippen molar-refractivity contribution in [3.8, 4) is 0 Å². The SMILES string of the molecule is CC(C)(C)OC(=O)N1CCNCC1c1ccnc2ccccc12. The maximum absolute atomic E-state index is 12.6. The summed E-state index contributed by atoms with van der Waals surface area (Å²) in [6.07, 6.45) is 1.55. The lowest BCUT2D eigenvalue weighted by molar-refractivity contribution is 0.0119. The number of nitrogens with one attached hydrogen (secondary N) is 1. The molecule has 0 radical (unpaired) electrons. The molecule has 5 nitrogen and oxygen atoms in total. The molecule has 1 aliphatic heterocycles. The Balaban J connectivity index is 1.96. The van der Waals surface area contributed by atoms with Crippen LogP contribution in [0.1, 0.15) is 32.4 Å². The van der Waals surface area contributed by atoms with Gasteiger partial charge in [0.25, 0.3) is 0 Å². The molecule has 23 heavy (non-hydrogen) atoms. The van der Waals surface area contributed by atoms with Crippen molar-refractivity contribution >= 4 is 17.0 Å². The van der Waals surface area contributed by atoms with Crippen LogP contribution in [0.2, 0.25) is 0 Å². The normalized spacial score (nSPS) is 18.9. The largest absolute Gasteiger partial charge is 0.444 e. The second kappa shape index (κ2) is 6.16. The molecule has 1 aromatic carbocycles. The lowest BCUT2D eigenvalue weighted by Crippen LogP contribution is -2.50. The molecule has 122 valence electrons. The number of rotatable bonds is 1. The Kier molecular flexibility index (Phi) is 4.22. The van der Waals surface area contributed by atoms with Gasteiger partial charge in [-0.2, -0.15) is 0 Å². The molecule has 1 unspecified atom stereocenters. The molecule has 1 saturated heterocycles. The third-order valence-electron chi connectivity index (χ3n) is 3.91. The number of carbonyl (C=O) groups excluding carboxylic acids is 1. The predicted octanol–water partition coefficient (Wildman–Crippen LogP) is 3.12. The number of fused-ring (bicyclic) bond motifs is 1. The lowest BCUT2D eigenvalue weighted by Gasteiger charge is -2.37. The van der Waals surface area contributed by atoms with Crippen LogP contribution in [0, 0.1) is 0 Å². The minimum Gasteiger partial charge on any atom is -0.444 e. The third kappa shape index (κ3) is 3.45. The van der Waals surface area contributed by atoms with E-state index in [1.165, 1.54) is 0 Å². The first-order valence-corrected chi connectivity index (χ1v) is 8.00. The van der Waals surface area contributed by atoms with Gasteiger partial charge in [-0.25, -0.2) is 4.79 Å². The fourth-order valence-electron chi connectivity index (χ4n) is 2.93. The van der Waals surface area contributed by atoms with Gasteiger partial charge < -0.3 is 10.1 Å². The van der Waals surface area contributed by atoms with E-state index in [0.29, 0.717) is 13.1 Å². The van der Waals surface area contributed by atoms with Gasteiger partial charge >= 0.3 is 6.09 Å². The summed E-state index contributed by atoms with van der Waals surface area (Å²) in [6.45, 7) is 7.81. The van der Waals surface area contributed by atoms with Gasteiger partial charge in [0.1, 0.15) is 5.60 Å². The number of hydrogen-bond donors (Lipinski definition) is 1. The Morgan fingerprint density at radius 3 is 2.87 bits per heavy atom. The molecule has 2 heterocycles. The number of para-hydroxylation sites is 1. The summed E-state index contributed by atoms with van der Waals surface area (Å²) in [5, 5.41) is 4.46. The maximum Gasteiger partial charge on any atom is 0.410 e. The van der Waals surface area contributed by atoms with Gasteiger partial charge in [-0.3, -0.25) is 9.88 Å². The number of nitrogens with zero attached hydrogens (tertiary/aromatic N) is 2. The number of pyridine rings is 1. The van der Waals surface area contributed by atoms with Crippen LogP contribution in [0.25, 0.3) is 10.9 Å². The van der Waals surface area contributed by atoms with Crippen molar-refractivity contribution in [3.63, 3.8) is 0 Å². The summed E-state index contributed by atoms with van der Waals surface area (Å²) >= 11 is 0. The summed E-state index contributed by atoms with van der Waals surface area (Å²) in [5.74, 6) is 0. The number of benzene rings is 1. The molecule has 1 fully saturated rings. The Bertz CT molecular complexity index is 703. The van der Waals surface area contributed by atoms with Gasteiger partial charge in [-0.05, 0) is 38.5 Å². The monoisotopic (exact) mass is 313 g/mol. The van der Waals surface area contributed by atoms with Crippen molar-refractivity contribution in [2.45, 2.75) is 32.4 Å². The van der Waals surface area contributed by atoms with Crippen molar-refractivity contribution in [3.05, 3.63) is 42.1 Å². The molecule has 1 atom stereocenters. The van der Waals surface area contributed by atoms with Crippen LogP contribution in [-0.2, 0) is 4.74 Å². The molecular weight excluding hydrogens is 290 g/mol. The van der Waals surface area contributed by atoms with Gasteiger partial charge in [-0.15, -0.1) is 0 Å². The summed E-state index contributed by atoms with van der Waals surface area (Å²) in [4.78, 5) is 18.8. The third-order valence-corrected chi connectivity index (χ3v) is 3.91. The smallest absolute Gasteiger partial charge is 0.410 e. The van der Waals surface area contributed by atoms with Gasteiger partial charge in [0.2, 0.25) is 0 Å². The number of hydrogen-bond acceptors (Lipinski definition) is 4. The molecule has 0 spiro atoms. The summed E-state index contributed by atoms with van der Waals surface area (Å²) in [7, 11) is 0. The van der Waals surface area contributed by atoms with E-state index in [-0.39, 0.29) is 12.1 Å². The standard InChI is InChI=1S/C18H23N3O2/c1-18(2,3)23-17(22)21-11-10-19-12-16(21)14-8-9-20-15-7-5-4-6-13(14)15/h4-9,16,19H,10-12H2,1-3H3. The Morgan fingerprint density at radius 2 is 2.09 bits per heavy atom. The second-order valence-electron chi connectivity index (χ2n) is 6.81. The highest BCUT2D eigenvalue weighted by Crippen LogP contribution is 2.29. The van der Waals surface area contributed by atoms with Gasteiger partial charge in [0.05, 0.1) is 11.6 Å². The van der Waals surface area contributed by atoms with Crippen LogP contribution in [0.4, 0.5) is 4.79 Å². The molecule has 1 aliphatic rings. The van der Waals surface area contributed by atoms with Crippen LogP contribution in [-0.4, -0.2) is 41.2 Å². The Morgan fingerprint density at radius 1 is 1.30 bits per heavy atom. The summed E-state index contributed by atoms with van der Waals surface area (Å²) in [6, 6.07) is 9.97. The molecule has 1 N–H and O–H groups in total. The van der Waals surface area contributed by atoms with E-state index >= 15 is 0 Å². The maximum atomic E-state index is 12.6. The Hall–Kier alpha value is -2.14. The predicted molar refractivity (Wildman–Crippen MR) is 90.3 cm³/mol. The molecule has 0 saturated carbocycles. The van der Waals surface area contributed by atoms with Crippen LogP contribution >= 0.6 is 0 Å². The van der Waals surface area contributed by atoms with Crippen molar-refractivity contribution in [1.29, 1.82) is 0 Å². The average Bonchev–Trinajstić information content (AvgIpc) is 2.53. The van der Waals surface area contributed by atoms with Gasteiger partial charge in [-0.1, -0.05) is 18.2 Å². The molecule has 0 aliphatic carbocycles. The lowest BCUT2D eigenvalue weighted by atomic mass is 9.99. The van der Waals surface area contributed by atoms with Gasteiger partial charge in [0.15, 0.2) is 0 Å². The molecule has 3 rings (SSSR count). The van der Waals surface area contributed by atoms with Crippen molar-refractivity contribution in [2.75, 3.05) is 19.6 Å². The van der Waals surface area contributed by atoms with Gasteiger partial charge in [0, 0.05) is 31.2 Å². The number of amides is 1. The van der Waals surface area contributed by atoms with E-state index in [9.17, 15) is 4.79 Å². The van der Waals surface area contributed by atoms with Crippen molar-refractivity contribution in [1.82, 2.24) is 15.2 Å². The van der Waals surface area contributed by atoms with Crippen LogP contribution in [0.3, 0.4) is 0 Å². The first kappa shape index (κ1) is 15.7.